The summed E-state index contributed by atoms with van der Waals surface area (Å²) < 4.78 is 28.5. The molecule has 0 amide bonds. The molecule has 29 heavy (non-hydrogen) atoms. The second-order valence-electron chi connectivity index (χ2n) is 6.91. The summed E-state index contributed by atoms with van der Waals surface area (Å²) in [5.41, 5.74) is 2.40. The van der Waals surface area contributed by atoms with E-state index in [4.69, 9.17) is 11.6 Å². The zero-order chi connectivity index (χ0) is 20.4. The van der Waals surface area contributed by atoms with Gasteiger partial charge < -0.3 is 4.57 Å². The topological polar surface area (TPSA) is 72.3 Å². The third-order valence-corrected chi connectivity index (χ3v) is 8.02. The minimum atomic E-state index is -3.21. The fourth-order valence-corrected chi connectivity index (χ4v) is 5.98. The Bertz CT molecular complexity index is 1120. The number of hydrogen-bond acceptors (Lipinski definition) is 5. The predicted molar refractivity (Wildman–Crippen MR) is 116 cm³/mol. The number of aryl methyl sites for hydroxylation is 1. The number of hydrogen-bond donors (Lipinski definition) is 0. The summed E-state index contributed by atoms with van der Waals surface area (Å²) in [7, 11) is -3.21. The van der Waals surface area contributed by atoms with E-state index in [1.54, 1.807) is 18.5 Å². The van der Waals surface area contributed by atoms with Crippen molar-refractivity contribution in [2.75, 3.05) is 16.6 Å². The molecule has 0 radical (unpaired) electrons. The van der Waals surface area contributed by atoms with Crippen molar-refractivity contribution >= 4 is 44.4 Å². The molecule has 0 bridgehead atoms. The lowest BCUT2D eigenvalue weighted by atomic mass is 10.1. The highest BCUT2D eigenvalue weighted by Crippen LogP contribution is 2.25. The van der Waals surface area contributed by atoms with Gasteiger partial charge >= 0.3 is 0 Å². The molecule has 152 valence electrons. The first-order chi connectivity index (χ1) is 13.9. The normalized spacial score (nSPS) is 16.1. The molecule has 1 aliphatic rings. The van der Waals surface area contributed by atoms with Gasteiger partial charge in [-0.2, -0.15) is 0 Å². The van der Waals surface area contributed by atoms with Gasteiger partial charge in [0.25, 0.3) is 0 Å². The monoisotopic (exact) mass is 449 g/mol. The number of Topliss-reactive ketones (excluding diaryl/α,β-unsaturated/α-hetero) is 1. The summed E-state index contributed by atoms with van der Waals surface area (Å²) in [6, 6.07) is 10.9. The maximum absolute atomic E-state index is 12.2. The number of thiophene rings is 1. The Labute approximate surface area is 178 Å². The third-order valence-electron chi connectivity index (χ3n) is 4.88. The Kier molecular flexibility index (Phi) is 5.76. The van der Waals surface area contributed by atoms with Crippen LogP contribution in [0.25, 0.3) is 5.69 Å². The van der Waals surface area contributed by atoms with Crippen molar-refractivity contribution in [3.8, 4) is 5.69 Å². The second kappa shape index (κ2) is 8.30. The second-order valence-corrected chi connectivity index (χ2v) is 10.6. The van der Waals surface area contributed by atoms with Crippen LogP contribution in [0.5, 0.6) is 0 Å². The van der Waals surface area contributed by atoms with E-state index in [-0.39, 0.29) is 11.5 Å². The smallest absolute Gasteiger partial charge is 0.235 e. The maximum atomic E-state index is 12.2. The van der Waals surface area contributed by atoms with Crippen LogP contribution < -0.4 is 4.31 Å². The van der Waals surface area contributed by atoms with Crippen molar-refractivity contribution in [3.63, 3.8) is 0 Å². The molecule has 2 aromatic heterocycles. The van der Waals surface area contributed by atoms with Crippen LogP contribution in [0, 0.1) is 0 Å². The van der Waals surface area contributed by atoms with E-state index in [1.807, 2.05) is 35.0 Å². The van der Waals surface area contributed by atoms with Crippen LogP contribution in [-0.2, 0) is 16.4 Å². The summed E-state index contributed by atoms with van der Waals surface area (Å²) in [4.78, 5) is 17.3. The summed E-state index contributed by atoms with van der Waals surface area (Å²) in [5, 5.41) is 0. The number of sulfonamides is 1. The Morgan fingerprint density at radius 3 is 2.55 bits per heavy atom. The SMILES string of the molecule is O=C(CCc1cn(-c2ccc(N3CCCCS3(=O)=O)cc2)cn1)c1ccc(Cl)s1. The highest BCUT2D eigenvalue weighted by molar-refractivity contribution is 7.92. The van der Waals surface area contributed by atoms with Gasteiger partial charge in [0.05, 0.1) is 32.7 Å². The highest BCUT2D eigenvalue weighted by atomic mass is 35.5. The highest BCUT2D eigenvalue weighted by Gasteiger charge is 2.25. The van der Waals surface area contributed by atoms with Crippen molar-refractivity contribution in [3.05, 3.63) is 63.8 Å². The number of ketones is 1. The van der Waals surface area contributed by atoms with Crippen LogP contribution in [-0.4, -0.2) is 36.0 Å². The summed E-state index contributed by atoms with van der Waals surface area (Å²) in [6.07, 6.45) is 6.11. The van der Waals surface area contributed by atoms with Crippen LogP contribution in [0.1, 0.15) is 34.6 Å². The third kappa shape index (κ3) is 4.55. The fraction of sp³-hybridized carbons (Fsp3) is 0.300. The lowest BCUT2D eigenvalue weighted by Gasteiger charge is -2.28. The molecule has 6 nitrogen and oxygen atoms in total. The van der Waals surface area contributed by atoms with Crippen LogP contribution in [0.3, 0.4) is 0 Å². The Hall–Kier alpha value is -2.16. The van der Waals surface area contributed by atoms with Gasteiger partial charge in [-0.15, -0.1) is 11.3 Å². The van der Waals surface area contributed by atoms with Crippen LogP contribution in [0.4, 0.5) is 5.69 Å². The quantitative estimate of drug-likeness (QED) is 0.525. The number of nitrogens with zero attached hydrogens (tertiary/aromatic N) is 3. The van der Waals surface area contributed by atoms with Gasteiger partial charge in [0, 0.05) is 24.8 Å². The van der Waals surface area contributed by atoms with Crippen LogP contribution in [0.15, 0.2) is 48.9 Å². The zero-order valence-corrected chi connectivity index (χ0v) is 18.0. The molecule has 0 aliphatic carbocycles. The first-order valence-corrected chi connectivity index (χ1v) is 12.1. The molecule has 1 aromatic carbocycles. The van der Waals surface area contributed by atoms with Crippen LogP contribution in [0.2, 0.25) is 4.34 Å². The lowest BCUT2D eigenvalue weighted by Crippen LogP contribution is -2.37. The number of carbonyl (C=O) groups excluding carboxylic acids is 1. The average Bonchev–Trinajstić information content (AvgIpc) is 3.35. The van der Waals surface area contributed by atoms with Gasteiger partial charge in [0.15, 0.2) is 5.78 Å². The van der Waals surface area contributed by atoms with E-state index in [2.05, 4.69) is 4.98 Å². The minimum absolute atomic E-state index is 0.0588. The fourth-order valence-electron chi connectivity index (χ4n) is 3.33. The van der Waals surface area contributed by atoms with Crippen molar-refractivity contribution < 1.29 is 13.2 Å². The number of benzene rings is 1. The predicted octanol–water partition coefficient (Wildman–Crippen LogP) is 4.33. The number of halogens is 1. The molecular weight excluding hydrogens is 430 g/mol. The Balaban J connectivity index is 1.42. The molecule has 1 saturated heterocycles. The molecular formula is C20H20ClN3O3S2. The molecule has 3 aromatic rings. The van der Waals surface area contributed by atoms with E-state index in [9.17, 15) is 13.2 Å². The van der Waals surface area contributed by atoms with Crippen LogP contribution >= 0.6 is 22.9 Å². The van der Waals surface area contributed by atoms with Gasteiger partial charge in [-0.05, 0) is 55.7 Å². The molecule has 0 atom stereocenters. The van der Waals surface area contributed by atoms with Crippen molar-refractivity contribution in [1.29, 1.82) is 0 Å². The maximum Gasteiger partial charge on any atom is 0.235 e. The first-order valence-electron chi connectivity index (χ1n) is 9.35. The van der Waals surface area contributed by atoms with Gasteiger partial charge in [0.1, 0.15) is 0 Å². The molecule has 0 unspecified atom stereocenters. The van der Waals surface area contributed by atoms with E-state index >= 15 is 0 Å². The number of rotatable bonds is 6. The van der Waals surface area contributed by atoms with E-state index in [1.165, 1.54) is 15.6 Å². The van der Waals surface area contributed by atoms with Crippen molar-refractivity contribution in [2.24, 2.45) is 0 Å². The van der Waals surface area contributed by atoms with Gasteiger partial charge in [-0.3, -0.25) is 9.10 Å². The largest absolute Gasteiger partial charge is 0.306 e. The van der Waals surface area contributed by atoms with E-state index in [0.717, 1.165) is 24.2 Å². The molecule has 1 fully saturated rings. The van der Waals surface area contributed by atoms with Gasteiger partial charge in [-0.1, -0.05) is 11.6 Å². The average molecular weight is 450 g/mol. The van der Waals surface area contributed by atoms with Crippen molar-refractivity contribution in [2.45, 2.75) is 25.7 Å². The number of anilines is 1. The molecule has 0 N–H and O–H groups in total. The Morgan fingerprint density at radius 1 is 1.10 bits per heavy atom. The van der Waals surface area contributed by atoms with E-state index < -0.39 is 10.0 Å². The number of carbonyl (C=O) groups is 1. The summed E-state index contributed by atoms with van der Waals surface area (Å²) >= 11 is 7.17. The first kappa shape index (κ1) is 20.1. The molecule has 0 spiro atoms. The van der Waals surface area contributed by atoms with Crippen molar-refractivity contribution in [1.82, 2.24) is 9.55 Å². The Morgan fingerprint density at radius 2 is 1.86 bits per heavy atom. The number of aromatic nitrogens is 2. The molecule has 9 heteroatoms. The molecule has 3 heterocycles. The standard InChI is InChI=1S/C20H20ClN3O3S2/c21-20-10-9-19(28-20)18(25)8-3-15-13-23(14-22-15)16-4-6-17(7-5-16)24-11-1-2-12-29(24,26)27/h4-7,9-10,13-14H,1-3,8,11-12H2. The van der Waals surface area contributed by atoms with Gasteiger partial charge in [-0.25, -0.2) is 13.4 Å². The lowest BCUT2D eigenvalue weighted by molar-refractivity contribution is 0.0986. The minimum Gasteiger partial charge on any atom is -0.306 e. The molecule has 1 aliphatic heterocycles. The van der Waals surface area contributed by atoms with Gasteiger partial charge in [0.2, 0.25) is 10.0 Å². The molecule has 4 rings (SSSR count). The number of imidazole rings is 1. The zero-order valence-electron chi connectivity index (χ0n) is 15.6. The van der Waals surface area contributed by atoms with E-state index in [0.29, 0.717) is 34.3 Å². The summed E-state index contributed by atoms with van der Waals surface area (Å²) in [5.74, 6) is 0.263. The summed E-state index contributed by atoms with van der Waals surface area (Å²) in [6.45, 7) is 0.528. The molecule has 0 saturated carbocycles.